The van der Waals surface area contributed by atoms with Gasteiger partial charge in [-0.25, -0.2) is 9.97 Å². The van der Waals surface area contributed by atoms with Gasteiger partial charge in [-0.1, -0.05) is 6.07 Å². The maximum Gasteiger partial charge on any atom is 0.100 e. The first-order valence-corrected chi connectivity index (χ1v) is 7.25. The van der Waals surface area contributed by atoms with Crippen LogP contribution in [0.4, 0.5) is 0 Å². The molecule has 0 radical (unpaired) electrons. The summed E-state index contributed by atoms with van der Waals surface area (Å²) in [4.78, 5) is 8.64. The number of hydrogen-bond donors (Lipinski definition) is 0. The van der Waals surface area contributed by atoms with Crippen LogP contribution in [-0.4, -0.2) is 19.1 Å². The van der Waals surface area contributed by atoms with Crippen molar-refractivity contribution >= 4 is 11.0 Å². The van der Waals surface area contributed by atoms with E-state index < -0.39 is 0 Å². The van der Waals surface area contributed by atoms with Crippen molar-refractivity contribution in [1.29, 1.82) is 0 Å². The summed E-state index contributed by atoms with van der Waals surface area (Å²) in [6, 6.07) is 12.7. The van der Waals surface area contributed by atoms with Gasteiger partial charge >= 0.3 is 0 Å². The molecule has 2 aromatic heterocycles. The van der Waals surface area contributed by atoms with Crippen molar-refractivity contribution < 1.29 is 0 Å². The number of rotatable bonds is 2. The molecule has 0 saturated carbocycles. The monoisotopic (exact) mass is 288 g/mol. The van der Waals surface area contributed by atoms with E-state index in [-0.39, 0.29) is 0 Å². The molecule has 108 valence electrons. The Labute approximate surface area is 128 Å². The summed E-state index contributed by atoms with van der Waals surface area (Å²) in [6.45, 7) is 4.25. The molecule has 4 rings (SSSR count). The fourth-order valence-corrected chi connectivity index (χ4v) is 2.69. The van der Waals surface area contributed by atoms with E-state index in [1.807, 2.05) is 17.1 Å². The lowest BCUT2D eigenvalue weighted by Crippen LogP contribution is -1.96. The lowest BCUT2D eigenvalue weighted by Gasteiger charge is -2.09. The summed E-state index contributed by atoms with van der Waals surface area (Å²) in [7, 11) is 0. The summed E-state index contributed by atoms with van der Waals surface area (Å²) in [5.41, 5.74) is 6.88. The molecule has 0 saturated heterocycles. The van der Waals surface area contributed by atoms with Crippen LogP contribution >= 0.6 is 0 Å². The zero-order valence-corrected chi connectivity index (χ0v) is 12.6. The molecule has 22 heavy (non-hydrogen) atoms. The SMILES string of the molecule is Cc1cc2ncn(-c3cccc(-n4ccnc4)c3)c2cc1C. The van der Waals surface area contributed by atoms with E-state index >= 15 is 0 Å². The van der Waals surface area contributed by atoms with E-state index in [1.54, 1.807) is 12.5 Å². The van der Waals surface area contributed by atoms with Crippen LogP contribution in [0.3, 0.4) is 0 Å². The van der Waals surface area contributed by atoms with Crippen molar-refractivity contribution in [2.75, 3.05) is 0 Å². The van der Waals surface area contributed by atoms with Gasteiger partial charge in [0, 0.05) is 23.8 Å². The Hall–Kier alpha value is -2.88. The van der Waals surface area contributed by atoms with Gasteiger partial charge in [0.15, 0.2) is 0 Å². The molecular formula is C18H16N4. The molecular weight excluding hydrogens is 272 g/mol. The third kappa shape index (κ3) is 2.00. The minimum atomic E-state index is 1.02. The van der Waals surface area contributed by atoms with Gasteiger partial charge in [-0.05, 0) is 55.3 Å². The predicted molar refractivity (Wildman–Crippen MR) is 87.7 cm³/mol. The molecule has 0 unspecified atom stereocenters. The summed E-state index contributed by atoms with van der Waals surface area (Å²) in [6.07, 6.45) is 7.42. The molecule has 0 bridgehead atoms. The number of nitrogens with zero attached hydrogens (tertiary/aromatic N) is 4. The standard InChI is InChI=1S/C18H16N4/c1-13-8-17-18(9-14(13)2)22(12-20-17)16-5-3-4-15(10-16)21-7-6-19-11-21/h3-12H,1-2H3. The number of aromatic nitrogens is 4. The average molecular weight is 288 g/mol. The molecule has 0 atom stereocenters. The molecule has 0 amide bonds. The highest BCUT2D eigenvalue weighted by atomic mass is 15.1. The minimum Gasteiger partial charge on any atom is -0.306 e. The van der Waals surface area contributed by atoms with E-state index in [1.165, 1.54) is 11.1 Å². The molecule has 4 heteroatoms. The molecule has 0 aliphatic carbocycles. The number of fused-ring (bicyclic) bond motifs is 1. The second-order valence-corrected chi connectivity index (χ2v) is 5.53. The maximum atomic E-state index is 4.53. The quantitative estimate of drug-likeness (QED) is 0.562. The van der Waals surface area contributed by atoms with Crippen molar-refractivity contribution in [3.8, 4) is 11.4 Å². The number of aryl methyl sites for hydroxylation is 2. The molecule has 0 aliphatic rings. The van der Waals surface area contributed by atoms with Crippen LogP contribution in [0.25, 0.3) is 22.4 Å². The first-order valence-electron chi connectivity index (χ1n) is 7.25. The van der Waals surface area contributed by atoms with Crippen LogP contribution in [0.15, 0.2) is 61.4 Å². The Balaban J connectivity index is 1.89. The first-order chi connectivity index (χ1) is 10.7. The molecule has 0 N–H and O–H groups in total. The topological polar surface area (TPSA) is 35.6 Å². The van der Waals surface area contributed by atoms with Crippen molar-refractivity contribution in [2.24, 2.45) is 0 Å². The van der Waals surface area contributed by atoms with Crippen LogP contribution in [-0.2, 0) is 0 Å². The van der Waals surface area contributed by atoms with Gasteiger partial charge in [0.25, 0.3) is 0 Å². The zero-order chi connectivity index (χ0) is 15.1. The van der Waals surface area contributed by atoms with Gasteiger partial charge in [0.05, 0.1) is 17.4 Å². The van der Waals surface area contributed by atoms with Crippen molar-refractivity contribution in [3.63, 3.8) is 0 Å². The summed E-state index contributed by atoms with van der Waals surface area (Å²) in [5.74, 6) is 0. The minimum absolute atomic E-state index is 1.02. The maximum absolute atomic E-state index is 4.53. The van der Waals surface area contributed by atoms with Gasteiger partial charge in [-0.15, -0.1) is 0 Å². The van der Waals surface area contributed by atoms with Crippen LogP contribution in [0, 0.1) is 13.8 Å². The third-order valence-corrected chi connectivity index (χ3v) is 4.07. The van der Waals surface area contributed by atoms with Gasteiger partial charge in [-0.2, -0.15) is 0 Å². The molecule has 2 heterocycles. The van der Waals surface area contributed by atoms with Gasteiger partial charge in [-0.3, -0.25) is 4.57 Å². The lowest BCUT2D eigenvalue weighted by molar-refractivity contribution is 1.03. The fraction of sp³-hybridized carbons (Fsp3) is 0.111. The molecule has 4 nitrogen and oxygen atoms in total. The van der Waals surface area contributed by atoms with Crippen molar-refractivity contribution in [1.82, 2.24) is 19.1 Å². The Morgan fingerprint density at radius 2 is 1.73 bits per heavy atom. The smallest absolute Gasteiger partial charge is 0.100 e. The molecule has 0 fully saturated rings. The summed E-state index contributed by atoms with van der Waals surface area (Å²) < 4.78 is 4.13. The van der Waals surface area contributed by atoms with E-state index in [0.29, 0.717) is 0 Å². The van der Waals surface area contributed by atoms with E-state index in [2.05, 4.69) is 64.8 Å². The number of benzene rings is 2. The molecule has 4 aromatic rings. The number of hydrogen-bond acceptors (Lipinski definition) is 2. The Morgan fingerprint density at radius 3 is 2.55 bits per heavy atom. The first kappa shape index (κ1) is 12.8. The summed E-state index contributed by atoms with van der Waals surface area (Å²) >= 11 is 0. The third-order valence-electron chi connectivity index (χ3n) is 4.07. The van der Waals surface area contributed by atoms with Gasteiger partial charge in [0.2, 0.25) is 0 Å². The highest BCUT2D eigenvalue weighted by Gasteiger charge is 2.07. The van der Waals surface area contributed by atoms with Crippen LogP contribution in [0.1, 0.15) is 11.1 Å². The Morgan fingerprint density at radius 1 is 0.909 bits per heavy atom. The van der Waals surface area contributed by atoms with Crippen LogP contribution in [0.2, 0.25) is 0 Å². The predicted octanol–water partition coefficient (Wildman–Crippen LogP) is 3.83. The molecule has 2 aromatic carbocycles. The van der Waals surface area contributed by atoms with E-state index in [4.69, 9.17) is 0 Å². The van der Waals surface area contributed by atoms with Crippen LogP contribution < -0.4 is 0 Å². The van der Waals surface area contributed by atoms with E-state index in [0.717, 1.165) is 22.4 Å². The molecule has 0 aliphatic heterocycles. The molecule has 0 spiro atoms. The van der Waals surface area contributed by atoms with Crippen molar-refractivity contribution in [3.05, 3.63) is 72.6 Å². The fourth-order valence-electron chi connectivity index (χ4n) is 2.69. The van der Waals surface area contributed by atoms with Gasteiger partial charge in [0.1, 0.15) is 6.33 Å². The Kier molecular flexibility index (Phi) is 2.82. The Bertz CT molecular complexity index is 949. The second kappa shape index (κ2) is 4.84. The lowest BCUT2D eigenvalue weighted by atomic mass is 10.1. The highest BCUT2D eigenvalue weighted by molar-refractivity contribution is 5.79. The normalized spacial score (nSPS) is 11.2. The number of imidazole rings is 2. The highest BCUT2D eigenvalue weighted by Crippen LogP contribution is 2.23. The van der Waals surface area contributed by atoms with Gasteiger partial charge < -0.3 is 4.57 Å². The zero-order valence-electron chi connectivity index (χ0n) is 12.6. The largest absolute Gasteiger partial charge is 0.306 e. The van der Waals surface area contributed by atoms with Crippen LogP contribution in [0.5, 0.6) is 0 Å². The van der Waals surface area contributed by atoms with E-state index in [9.17, 15) is 0 Å². The summed E-state index contributed by atoms with van der Waals surface area (Å²) in [5, 5.41) is 0. The average Bonchev–Trinajstić information content (AvgIpc) is 3.18. The second-order valence-electron chi connectivity index (χ2n) is 5.53. The van der Waals surface area contributed by atoms with Crippen molar-refractivity contribution in [2.45, 2.75) is 13.8 Å².